The molecule has 5 nitrogen and oxygen atoms in total. The van der Waals surface area contributed by atoms with Crippen molar-refractivity contribution in [2.45, 2.75) is 11.8 Å². The molecule has 0 aliphatic heterocycles. The van der Waals surface area contributed by atoms with Gasteiger partial charge in [0.1, 0.15) is 5.49 Å². The molecule has 0 fully saturated rings. The summed E-state index contributed by atoms with van der Waals surface area (Å²) in [5, 5.41) is 11.4. The smallest absolute Gasteiger partial charge is 0.223 e. The van der Waals surface area contributed by atoms with Gasteiger partial charge in [0, 0.05) is 16.0 Å². The maximum Gasteiger partial charge on any atom is 0.223 e. The van der Waals surface area contributed by atoms with Crippen molar-refractivity contribution >= 4 is 40.6 Å². The molecule has 2 aromatic heterocycles. The van der Waals surface area contributed by atoms with Gasteiger partial charge in [-0.25, -0.2) is 8.95 Å². The first kappa shape index (κ1) is 16.5. The van der Waals surface area contributed by atoms with E-state index in [1.54, 1.807) is 28.1 Å². The van der Waals surface area contributed by atoms with Gasteiger partial charge in [-0.3, -0.25) is 10.4 Å². The van der Waals surface area contributed by atoms with Crippen LogP contribution in [0.5, 0.6) is 0 Å². The number of benzene rings is 1. The highest BCUT2D eigenvalue weighted by atomic mass is 32.2. The Kier molecular flexibility index (Phi) is 5.12. The number of aliphatic imine (C=N–C) groups is 1. The third-order valence-corrected chi connectivity index (χ3v) is 4.88. The summed E-state index contributed by atoms with van der Waals surface area (Å²) in [4.78, 5) is 11.0. The molecule has 1 aromatic carbocycles. The number of aromatic nitrogens is 2. The Balaban J connectivity index is 2.05. The van der Waals surface area contributed by atoms with Gasteiger partial charge in [0.05, 0.1) is 17.6 Å². The van der Waals surface area contributed by atoms with Crippen LogP contribution in [0.1, 0.15) is 4.88 Å². The number of aryl methyl sites for hydroxylation is 1. The number of pyridine rings is 1. The molecule has 0 aliphatic carbocycles. The van der Waals surface area contributed by atoms with Crippen molar-refractivity contribution in [3.05, 3.63) is 65.2 Å². The molecule has 7 heteroatoms. The van der Waals surface area contributed by atoms with E-state index in [0.717, 1.165) is 21.1 Å². The molecule has 0 spiro atoms. The van der Waals surface area contributed by atoms with E-state index in [1.165, 1.54) is 11.5 Å². The lowest BCUT2D eigenvalue weighted by Crippen LogP contribution is -2.28. The zero-order valence-corrected chi connectivity index (χ0v) is 15.0. The van der Waals surface area contributed by atoms with E-state index in [1.807, 2.05) is 49.6 Å². The number of thioether (sulfide) groups is 1. The lowest BCUT2D eigenvalue weighted by molar-refractivity contribution is 1.07. The lowest BCUT2D eigenvalue weighted by Gasteiger charge is -2.10. The fourth-order valence-electron chi connectivity index (χ4n) is 2.12. The molecule has 122 valence electrons. The second-order valence-electron chi connectivity index (χ2n) is 5.03. The molecule has 3 rings (SSSR count). The van der Waals surface area contributed by atoms with Crippen LogP contribution < -0.4 is 10.8 Å². The predicted molar refractivity (Wildman–Crippen MR) is 101 cm³/mol. The quantitative estimate of drug-likeness (QED) is 0.422. The van der Waals surface area contributed by atoms with E-state index in [-0.39, 0.29) is 0 Å². The van der Waals surface area contributed by atoms with Crippen LogP contribution in [-0.4, -0.2) is 21.2 Å². The third-order valence-electron chi connectivity index (χ3n) is 3.19. The molecular weight excluding hydrogens is 338 g/mol. The van der Waals surface area contributed by atoms with Crippen molar-refractivity contribution in [2.75, 3.05) is 11.6 Å². The number of rotatable bonds is 3. The monoisotopic (exact) mass is 355 g/mol. The van der Waals surface area contributed by atoms with Gasteiger partial charge >= 0.3 is 0 Å². The zero-order valence-electron chi connectivity index (χ0n) is 13.4. The Bertz CT molecular complexity index is 912. The van der Waals surface area contributed by atoms with Crippen LogP contribution in [0.25, 0.3) is 0 Å². The summed E-state index contributed by atoms with van der Waals surface area (Å²) in [5.74, 6) is 0.587. The topological polar surface area (TPSA) is 66.1 Å². The Labute approximate surface area is 148 Å². The van der Waals surface area contributed by atoms with E-state index in [4.69, 9.17) is 10.4 Å². The van der Waals surface area contributed by atoms with Gasteiger partial charge < -0.3 is 5.32 Å². The van der Waals surface area contributed by atoms with Crippen LogP contribution in [0.3, 0.4) is 0 Å². The first-order valence-corrected chi connectivity index (χ1v) is 9.30. The highest BCUT2D eigenvalue weighted by Crippen LogP contribution is 2.22. The predicted octanol–water partition coefficient (Wildman–Crippen LogP) is 4.10. The number of hydrogen-bond acceptors (Lipinski definition) is 5. The maximum atomic E-state index is 8.16. The summed E-state index contributed by atoms with van der Waals surface area (Å²) in [6, 6.07) is 13.6. The van der Waals surface area contributed by atoms with Crippen LogP contribution >= 0.6 is 23.3 Å². The molecule has 0 saturated carbocycles. The minimum absolute atomic E-state index is 0.397. The molecule has 0 amide bonds. The lowest BCUT2D eigenvalue weighted by atomic mass is 10.3. The number of nitrogens with one attached hydrogen (secondary N) is 2. The van der Waals surface area contributed by atoms with Crippen LogP contribution in [0, 0.1) is 12.3 Å². The maximum absolute atomic E-state index is 8.16. The van der Waals surface area contributed by atoms with Crippen molar-refractivity contribution in [2.24, 2.45) is 4.99 Å². The summed E-state index contributed by atoms with van der Waals surface area (Å²) in [6.07, 6.45) is 5.50. The van der Waals surface area contributed by atoms with Crippen molar-refractivity contribution in [1.29, 1.82) is 5.41 Å². The second-order valence-corrected chi connectivity index (χ2v) is 7.10. The zero-order chi connectivity index (χ0) is 16.9. The standard InChI is InChI=1S/C17H17N5S2/c1-12-9-16(18)22(24-12)17(21-14-6-4-8-19-11-14)20-13-5-3-7-15(10-13)23-2/h3-11,18H,1-2H3,(H,20,21). The van der Waals surface area contributed by atoms with Gasteiger partial charge in [0.25, 0.3) is 0 Å². The van der Waals surface area contributed by atoms with Crippen LogP contribution in [0.15, 0.2) is 64.7 Å². The van der Waals surface area contributed by atoms with E-state index in [2.05, 4.69) is 16.4 Å². The number of anilines is 1. The number of nitrogens with zero attached hydrogens (tertiary/aromatic N) is 3. The largest absolute Gasteiger partial charge is 0.323 e. The Morgan fingerprint density at radius 3 is 2.83 bits per heavy atom. The molecule has 0 bridgehead atoms. The van der Waals surface area contributed by atoms with Gasteiger partial charge in [-0.05, 0) is 49.6 Å². The molecule has 0 saturated heterocycles. The average Bonchev–Trinajstić information content (AvgIpc) is 2.94. The normalized spacial score (nSPS) is 11.5. The molecule has 0 atom stereocenters. The molecule has 0 unspecified atom stereocenters. The van der Waals surface area contributed by atoms with Crippen molar-refractivity contribution in [1.82, 2.24) is 8.94 Å². The Hall–Kier alpha value is -2.38. The summed E-state index contributed by atoms with van der Waals surface area (Å²) in [6.45, 7) is 1.98. The van der Waals surface area contributed by atoms with Crippen LogP contribution in [0.4, 0.5) is 11.4 Å². The van der Waals surface area contributed by atoms with Gasteiger partial charge in [0.2, 0.25) is 5.96 Å². The molecule has 0 aliphatic rings. The summed E-state index contributed by atoms with van der Waals surface area (Å²) in [7, 11) is 0. The summed E-state index contributed by atoms with van der Waals surface area (Å²) < 4.78 is 1.77. The van der Waals surface area contributed by atoms with E-state index in [0.29, 0.717) is 11.4 Å². The van der Waals surface area contributed by atoms with Crippen molar-refractivity contribution in [3.8, 4) is 0 Å². The molecule has 2 N–H and O–H groups in total. The first-order chi connectivity index (χ1) is 11.7. The Morgan fingerprint density at radius 1 is 1.29 bits per heavy atom. The SMILES string of the molecule is CSc1cccc(N=C(Nc2cccnc2)n2sc(C)cc2=N)c1. The molecular formula is C17H17N5S2. The van der Waals surface area contributed by atoms with Gasteiger partial charge in [0.15, 0.2) is 0 Å². The molecule has 24 heavy (non-hydrogen) atoms. The summed E-state index contributed by atoms with van der Waals surface area (Å²) in [5.41, 5.74) is 2.06. The average molecular weight is 355 g/mol. The van der Waals surface area contributed by atoms with E-state index in [9.17, 15) is 0 Å². The van der Waals surface area contributed by atoms with Gasteiger partial charge in [-0.15, -0.1) is 11.8 Å². The fourth-order valence-corrected chi connectivity index (χ4v) is 3.35. The minimum Gasteiger partial charge on any atom is -0.323 e. The van der Waals surface area contributed by atoms with E-state index < -0.39 is 0 Å². The Morgan fingerprint density at radius 2 is 2.17 bits per heavy atom. The highest BCUT2D eigenvalue weighted by molar-refractivity contribution is 7.98. The number of hydrogen-bond donors (Lipinski definition) is 2. The molecule has 3 aromatic rings. The molecule has 0 radical (unpaired) electrons. The van der Waals surface area contributed by atoms with E-state index >= 15 is 0 Å². The van der Waals surface area contributed by atoms with Gasteiger partial charge in [-0.1, -0.05) is 17.6 Å². The summed E-state index contributed by atoms with van der Waals surface area (Å²) >= 11 is 3.16. The second kappa shape index (κ2) is 7.46. The third kappa shape index (κ3) is 3.93. The minimum atomic E-state index is 0.397. The van der Waals surface area contributed by atoms with Crippen molar-refractivity contribution < 1.29 is 0 Å². The van der Waals surface area contributed by atoms with Crippen LogP contribution in [-0.2, 0) is 0 Å². The van der Waals surface area contributed by atoms with Crippen molar-refractivity contribution in [3.63, 3.8) is 0 Å². The van der Waals surface area contributed by atoms with Gasteiger partial charge in [-0.2, -0.15) is 0 Å². The molecule has 2 heterocycles. The van der Waals surface area contributed by atoms with Crippen LogP contribution in [0.2, 0.25) is 0 Å². The highest BCUT2D eigenvalue weighted by Gasteiger charge is 2.08. The fraction of sp³-hybridized carbons (Fsp3) is 0.118. The first-order valence-electron chi connectivity index (χ1n) is 7.30.